The lowest BCUT2D eigenvalue weighted by atomic mass is 9.79. The lowest BCUT2D eigenvalue weighted by Crippen LogP contribution is -2.55. The van der Waals surface area contributed by atoms with Crippen molar-refractivity contribution in [2.75, 3.05) is 33.3 Å². The molecule has 30 heavy (non-hydrogen) atoms. The zero-order chi connectivity index (χ0) is 21.4. The van der Waals surface area contributed by atoms with E-state index >= 15 is 0 Å². The quantitative estimate of drug-likeness (QED) is 0.732. The molecule has 2 aliphatic heterocycles. The standard InChI is InChI=1S/C21H31N3O3.CH2O2/c1-26-21-9-8-17(27-19-7-3-4-11-22-19)15-18(21)24(14-10-21)20(25)16-23-12-5-2-6-13-23;2-1-3/h3-4,7,11,17-18H,2,5-6,8-10,12-16H2,1H3;1H,(H,2,3)/t17-,18-,21+;/m0./s1. The minimum atomic E-state index is -0.250. The van der Waals surface area contributed by atoms with Gasteiger partial charge in [0.05, 0.1) is 18.2 Å². The molecule has 0 spiro atoms. The molecule has 0 aromatic carbocycles. The number of carbonyl (C=O) groups is 2. The third-order valence-electron chi connectivity index (χ3n) is 6.59. The maximum Gasteiger partial charge on any atom is 0.290 e. The molecule has 4 rings (SSSR count). The lowest BCUT2D eigenvalue weighted by Gasteiger charge is -2.43. The van der Waals surface area contributed by atoms with E-state index in [9.17, 15) is 4.79 Å². The topological polar surface area (TPSA) is 92.2 Å². The molecule has 1 aromatic rings. The number of likely N-dealkylation sites (tertiary alicyclic amines) is 2. The summed E-state index contributed by atoms with van der Waals surface area (Å²) in [4.78, 5) is 30.1. The summed E-state index contributed by atoms with van der Waals surface area (Å²) in [5.41, 5.74) is -0.207. The molecule has 3 aliphatic rings. The Labute approximate surface area is 178 Å². The Kier molecular flexibility index (Phi) is 8.04. The summed E-state index contributed by atoms with van der Waals surface area (Å²) in [6.07, 6.45) is 9.15. The summed E-state index contributed by atoms with van der Waals surface area (Å²) < 4.78 is 12.1. The molecule has 1 amide bonds. The van der Waals surface area contributed by atoms with Crippen LogP contribution in [0.1, 0.15) is 44.9 Å². The van der Waals surface area contributed by atoms with Gasteiger partial charge in [0.2, 0.25) is 11.8 Å². The van der Waals surface area contributed by atoms with Gasteiger partial charge in [-0.25, -0.2) is 4.98 Å². The van der Waals surface area contributed by atoms with Crippen molar-refractivity contribution in [2.45, 2.75) is 62.7 Å². The van der Waals surface area contributed by atoms with Crippen LogP contribution >= 0.6 is 0 Å². The Bertz CT molecular complexity index is 683. The van der Waals surface area contributed by atoms with E-state index in [1.165, 1.54) is 19.3 Å². The number of nitrogens with zero attached hydrogens (tertiary/aromatic N) is 3. The third-order valence-corrected chi connectivity index (χ3v) is 6.59. The van der Waals surface area contributed by atoms with Crippen molar-refractivity contribution >= 4 is 12.4 Å². The van der Waals surface area contributed by atoms with Crippen LogP contribution in [0.3, 0.4) is 0 Å². The van der Waals surface area contributed by atoms with Gasteiger partial charge in [0.1, 0.15) is 6.10 Å². The summed E-state index contributed by atoms with van der Waals surface area (Å²) in [5, 5.41) is 6.89. The molecular formula is C22H33N3O5. The van der Waals surface area contributed by atoms with Crippen LogP contribution in [0.25, 0.3) is 0 Å². The van der Waals surface area contributed by atoms with Crippen LogP contribution < -0.4 is 4.74 Å². The molecule has 1 aliphatic carbocycles. The highest BCUT2D eigenvalue weighted by atomic mass is 16.5. The molecule has 0 radical (unpaired) electrons. The van der Waals surface area contributed by atoms with Gasteiger partial charge in [-0.05, 0) is 51.3 Å². The van der Waals surface area contributed by atoms with Gasteiger partial charge in [-0.15, -0.1) is 0 Å². The van der Waals surface area contributed by atoms with Crippen LogP contribution in [0.5, 0.6) is 5.88 Å². The van der Waals surface area contributed by atoms with Crippen molar-refractivity contribution in [3.8, 4) is 5.88 Å². The van der Waals surface area contributed by atoms with Gasteiger partial charge in [-0.1, -0.05) is 12.5 Å². The van der Waals surface area contributed by atoms with Crippen LogP contribution in [0.4, 0.5) is 0 Å². The molecule has 2 saturated heterocycles. The largest absolute Gasteiger partial charge is 0.483 e. The first kappa shape index (κ1) is 22.5. The molecule has 1 aromatic heterocycles. The Balaban J connectivity index is 0.000000806. The molecule has 3 atom stereocenters. The average molecular weight is 420 g/mol. The molecular weight excluding hydrogens is 386 g/mol. The zero-order valence-electron chi connectivity index (χ0n) is 17.7. The van der Waals surface area contributed by atoms with Crippen molar-refractivity contribution in [2.24, 2.45) is 0 Å². The van der Waals surface area contributed by atoms with Gasteiger partial charge in [-0.3, -0.25) is 14.5 Å². The third kappa shape index (κ3) is 5.29. The van der Waals surface area contributed by atoms with Crippen molar-refractivity contribution in [3.05, 3.63) is 24.4 Å². The summed E-state index contributed by atoms with van der Waals surface area (Å²) in [5.74, 6) is 0.913. The number of methoxy groups -OCH3 is 1. The van der Waals surface area contributed by atoms with E-state index in [4.69, 9.17) is 19.4 Å². The smallest absolute Gasteiger partial charge is 0.290 e. The number of hydrogen-bond donors (Lipinski definition) is 1. The maximum atomic E-state index is 13.1. The first-order valence-electron chi connectivity index (χ1n) is 10.8. The summed E-state index contributed by atoms with van der Waals surface area (Å²) in [6.45, 7) is 3.18. The predicted molar refractivity (Wildman–Crippen MR) is 111 cm³/mol. The number of piperidine rings is 1. The Hall–Kier alpha value is -2.19. The molecule has 1 saturated carbocycles. The minimum absolute atomic E-state index is 0.0801. The Morgan fingerprint density at radius 2 is 2.03 bits per heavy atom. The van der Waals surface area contributed by atoms with E-state index in [0.29, 0.717) is 12.4 Å². The van der Waals surface area contributed by atoms with Crippen molar-refractivity contribution in [1.82, 2.24) is 14.8 Å². The van der Waals surface area contributed by atoms with E-state index in [-0.39, 0.29) is 30.1 Å². The summed E-state index contributed by atoms with van der Waals surface area (Å²) >= 11 is 0. The molecule has 0 bridgehead atoms. The monoisotopic (exact) mass is 419 g/mol. The number of hydrogen-bond acceptors (Lipinski definition) is 6. The number of aromatic nitrogens is 1. The second-order valence-corrected chi connectivity index (χ2v) is 8.25. The second-order valence-electron chi connectivity index (χ2n) is 8.25. The fourth-order valence-electron chi connectivity index (χ4n) is 5.05. The van der Waals surface area contributed by atoms with E-state index < -0.39 is 0 Å². The van der Waals surface area contributed by atoms with Crippen molar-refractivity contribution < 1.29 is 24.2 Å². The van der Waals surface area contributed by atoms with E-state index in [1.54, 1.807) is 13.3 Å². The first-order chi connectivity index (χ1) is 14.6. The van der Waals surface area contributed by atoms with Crippen LogP contribution in [0, 0.1) is 0 Å². The fraction of sp³-hybridized carbons (Fsp3) is 0.682. The molecule has 0 unspecified atom stereocenters. The van der Waals surface area contributed by atoms with Gasteiger partial charge in [0.25, 0.3) is 6.47 Å². The van der Waals surface area contributed by atoms with E-state index in [1.807, 2.05) is 18.2 Å². The molecule has 3 heterocycles. The molecule has 8 nitrogen and oxygen atoms in total. The molecule has 8 heteroatoms. The van der Waals surface area contributed by atoms with Crippen molar-refractivity contribution in [3.63, 3.8) is 0 Å². The summed E-state index contributed by atoms with van der Waals surface area (Å²) in [7, 11) is 1.80. The number of carbonyl (C=O) groups excluding carboxylic acids is 1. The molecule has 1 N–H and O–H groups in total. The maximum absolute atomic E-state index is 13.1. The Morgan fingerprint density at radius 3 is 2.70 bits per heavy atom. The number of amides is 1. The van der Waals surface area contributed by atoms with Crippen LogP contribution in [0.2, 0.25) is 0 Å². The van der Waals surface area contributed by atoms with Gasteiger partial charge in [0.15, 0.2) is 0 Å². The zero-order valence-corrected chi connectivity index (χ0v) is 17.7. The van der Waals surface area contributed by atoms with Gasteiger partial charge in [0, 0.05) is 32.3 Å². The lowest BCUT2D eigenvalue weighted by molar-refractivity contribution is -0.140. The highest BCUT2D eigenvalue weighted by Crippen LogP contribution is 2.43. The second kappa shape index (κ2) is 10.7. The first-order valence-corrected chi connectivity index (χ1v) is 10.8. The number of fused-ring (bicyclic) bond motifs is 1. The number of pyridine rings is 1. The fourth-order valence-corrected chi connectivity index (χ4v) is 5.05. The normalized spacial score (nSPS) is 28.8. The SMILES string of the molecule is CO[C@@]12CC[C@H](Oc3ccccn3)C[C@@H]1N(C(=O)CN1CCCCC1)CC2.O=CO. The average Bonchev–Trinajstić information content (AvgIpc) is 3.15. The van der Waals surface area contributed by atoms with Gasteiger partial charge >= 0.3 is 0 Å². The molecule has 166 valence electrons. The summed E-state index contributed by atoms with van der Waals surface area (Å²) in [6, 6.07) is 5.82. The van der Waals surface area contributed by atoms with Crippen molar-refractivity contribution in [1.29, 1.82) is 0 Å². The number of rotatable bonds is 5. The molecule has 3 fully saturated rings. The predicted octanol–water partition coefficient (Wildman–Crippen LogP) is 2.19. The highest BCUT2D eigenvalue weighted by Gasteiger charge is 2.53. The van der Waals surface area contributed by atoms with E-state index in [0.717, 1.165) is 45.3 Å². The number of carboxylic acid groups (broad SMARTS) is 1. The number of ether oxygens (including phenoxy) is 2. The van der Waals surface area contributed by atoms with Crippen LogP contribution in [-0.4, -0.2) is 83.3 Å². The highest BCUT2D eigenvalue weighted by molar-refractivity contribution is 5.79. The van der Waals surface area contributed by atoms with Gasteiger partial charge in [-0.2, -0.15) is 0 Å². The van der Waals surface area contributed by atoms with Gasteiger partial charge < -0.3 is 19.5 Å². The van der Waals surface area contributed by atoms with Crippen LogP contribution in [0.15, 0.2) is 24.4 Å². The Morgan fingerprint density at radius 1 is 1.27 bits per heavy atom. The van der Waals surface area contributed by atoms with E-state index in [2.05, 4.69) is 14.8 Å². The minimum Gasteiger partial charge on any atom is -0.483 e. The van der Waals surface area contributed by atoms with Crippen LogP contribution in [-0.2, 0) is 14.3 Å².